The highest BCUT2D eigenvalue weighted by atomic mass is 15.0. The topological polar surface area (TPSA) is 38.7 Å². The van der Waals surface area contributed by atoms with E-state index >= 15 is 0 Å². The van der Waals surface area contributed by atoms with Gasteiger partial charge in [0.2, 0.25) is 0 Å². The maximum Gasteiger partial charge on any atom is 0.164 e. The van der Waals surface area contributed by atoms with Gasteiger partial charge in [-0.1, -0.05) is 164 Å². The van der Waals surface area contributed by atoms with Crippen LogP contribution >= 0.6 is 0 Å². The molecule has 0 unspecified atom stereocenters. The maximum atomic E-state index is 5.10. The molecule has 0 amide bonds. The number of aromatic nitrogens is 3. The van der Waals surface area contributed by atoms with Crippen molar-refractivity contribution >= 4 is 0 Å². The Hall–Kier alpha value is -6.45. The largest absolute Gasteiger partial charge is 0.208 e. The summed E-state index contributed by atoms with van der Waals surface area (Å²) in [6.07, 6.45) is 0.891. The molecule has 0 saturated heterocycles. The van der Waals surface area contributed by atoms with Crippen LogP contribution in [0, 0.1) is 0 Å². The summed E-state index contributed by atoms with van der Waals surface area (Å²) in [5.41, 5.74) is 15.5. The second-order valence-corrected chi connectivity index (χ2v) is 12.4. The number of fused-ring (bicyclic) bond motifs is 3. The van der Waals surface area contributed by atoms with Crippen molar-refractivity contribution in [2.24, 2.45) is 0 Å². The third-order valence-electron chi connectivity index (χ3n) is 9.41. The summed E-state index contributed by atoms with van der Waals surface area (Å²) >= 11 is 0. The Kier molecular flexibility index (Phi) is 7.21. The van der Waals surface area contributed by atoms with Crippen LogP contribution in [0.3, 0.4) is 0 Å². The van der Waals surface area contributed by atoms with Gasteiger partial charge in [0.25, 0.3) is 0 Å². The highest BCUT2D eigenvalue weighted by molar-refractivity contribution is 5.90. The molecule has 1 aliphatic carbocycles. The monoisotopic (exact) mass is 625 g/mol. The summed E-state index contributed by atoms with van der Waals surface area (Å²) in [7, 11) is 0. The normalized spacial score (nSPS) is 11.6. The molecule has 0 bridgehead atoms. The highest BCUT2D eigenvalue weighted by Gasteiger charge is 2.24. The third-order valence-corrected chi connectivity index (χ3v) is 9.41. The zero-order valence-corrected chi connectivity index (χ0v) is 26.8. The fourth-order valence-electron chi connectivity index (χ4n) is 7.04. The molecular weight excluding hydrogens is 595 g/mol. The van der Waals surface area contributed by atoms with E-state index in [1.54, 1.807) is 0 Å². The first kappa shape index (κ1) is 28.7. The van der Waals surface area contributed by atoms with Crippen molar-refractivity contribution in [2.75, 3.05) is 0 Å². The van der Waals surface area contributed by atoms with Gasteiger partial charge in [-0.05, 0) is 74.2 Å². The Morgan fingerprint density at radius 1 is 0.265 bits per heavy atom. The summed E-state index contributed by atoms with van der Waals surface area (Å²) in [5, 5.41) is 0. The quantitative estimate of drug-likeness (QED) is 0.185. The molecule has 3 heteroatoms. The lowest BCUT2D eigenvalue weighted by Gasteiger charge is -2.12. The number of hydrogen-bond acceptors (Lipinski definition) is 3. The number of hydrogen-bond donors (Lipinski definition) is 0. The van der Waals surface area contributed by atoms with Gasteiger partial charge >= 0.3 is 0 Å². The van der Waals surface area contributed by atoms with Gasteiger partial charge in [-0.15, -0.1) is 0 Å². The predicted molar refractivity (Wildman–Crippen MR) is 201 cm³/mol. The molecule has 1 heterocycles. The van der Waals surface area contributed by atoms with Gasteiger partial charge in [0, 0.05) is 16.7 Å². The predicted octanol–water partition coefficient (Wildman–Crippen LogP) is 11.4. The van der Waals surface area contributed by atoms with E-state index in [4.69, 9.17) is 15.0 Å². The van der Waals surface area contributed by atoms with Gasteiger partial charge in [0.05, 0.1) is 0 Å². The Morgan fingerprint density at radius 2 is 0.633 bits per heavy atom. The van der Waals surface area contributed by atoms with Crippen LogP contribution in [0.15, 0.2) is 176 Å². The van der Waals surface area contributed by atoms with Gasteiger partial charge in [-0.2, -0.15) is 0 Å². The van der Waals surface area contributed by atoms with Crippen LogP contribution < -0.4 is 0 Å². The fourth-order valence-corrected chi connectivity index (χ4v) is 7.04. The molecule has 1 aliphatic rings. The molecule has 1 aromatic heterocycles. The van der Waals surface area contributed by atoms with Crippen molar-refractivity contribution in [1.29, 1.82) is 0 Å². The van der Waals surface area contributed by atoms with Crippen LogP contribution in [0.5, 0.6) is 0 Å². The summed E-state index contributed by atoms with van der Waals surface area (Å²) in [4.78, 5) is 15.1. The van der Waals surface area contributed by atoms with E-state index in [-0.39, 0.29) is 0 Å². The van der Waals surface area contributed by atoms with Crippen LogP contribution in [0.25, 0.3) is 78.7 Å². The molecule has 0 saturated carbocycles. The molecule has 49 heavy (non-hydrogen) atoms. The number of nitrogens with zero attached hydrogens (tertiary/aromatic N) is 3. The van der Waals surface area contributed by atoms with Crippen LogP contribution in [-0.4, -0.2) is 15.0 Å². The second kappa shape index (κ2) is 12.3. The molecule has 0 spiro atoms. The van der Waals surface area contributed by atoms with E-state index in [1.807, 2.05) is 36.4 Å². The first-order chi connectivity index (χ1) is 24.3. The van der Waals surface area contributed by atoms with E-state index in [0.29, 0.717) is 17.5 Å². The molecule has 9 rings (SSSR count). The van der Waals surface area contributed by atoms with E-state index < -0.39 is 0 Å². The third kappa shape index (κ3) is 5.42. The van der Waals surface area contributed by atoms with Crippen molar-refractivity contribution in [1.82, 2.24) is 15.0 Å². The van der Waals surface area contributed by atoms with Gasteiger partial charge < -0.3 is 0 Å². The maximum absolute atomic E-state index is 5.10. The fraction of sp³-hybridized carbons (Fsp3) is 0.0217. The molecule has 0 N–H and O–H groups in total. The minimum Gasteiger partial charge on any atom is -0.208 e. The SMILES string of the molecule is c1ccc(-c2cccc(-c3nc(-c4ccccc4)nc(-c4cccc(-c5cccc6c5Cc5c(-c7ccccc7)cccc5-6)c4)n3)c2)cc1. The second-order valence-electron chi connectivity index (χ2n) is 12.4. The number of benzene rings is 7. The van der Waals surface area contributed by atoms with E-state index in [9.17, 15) is 0 Å². The number of rotatable bonds is 6. The molecule has 0 radical (unpaired) electrons. The Morgan fingerprint density at radius 3 is 1.20 bits per heavy atom. The van der Waals surface area contributed by atoms with Crippen LogP contribution in [0.1, 0.15) is 11.1 Å². The van der Waals surface area contributed by atoms with E-state index in [1.165, 1.54) is 38.9 Å². The van der Waals surface area contributed by atoms with Crippen LogP contribution in [0.2, 0.25) is 0 Å². The molecular formula is C46H31N3. The molecule has 3 nitrogen and oxygen atoms in total. The smallest absolute Gasteiger partial charge is 0.164 e. The minimum atomic E-state index is 0.650. The van der Waals surface area contributed by atoms with Crippen LogP contribution in [0.4, 0.5) is 0 Å². The molecule has 0 aliphatic heterocycles. The van der Waals surface area contributed by atoms with Crippen molar-refractivity contribution < 1.29 is 0 Å². The average Bonchev–Trinajstić information content (AvgIpc) is 3.58. The van der Waals surface area contributed by atoms with E-state index in [0.717, 1.165) is 39.8 Å². The first-order valence-electron chi connectivity index (χ1n) is 16.7. The first-order valence-corrected chi connectivity index (χ1v) is 16.7. The minimum absolute atomic E-state index is 0.650. The Labute approximate surface area is 286 Å². The van der Waals surface area contributed by atoms with Crippen molar-refractivity contribution in [2.45, 2.75) is 6.42 Å². The molecule has 0 fully saturated rings. The molecule has 0 atom stereocenters. The average molecular weight is 626 g/mol. The Bertz CT molecular complexity index is 2450. The molecule has 8 aromatic rings. The van der Waals surface area contributed by atoms with Gasteiger partial charge in [0.1, 0.15) is 0 Å². The van der Waals surface area contributed by atoms with Gasteiger partial charge in [-0.25, -0.2) is 15.0 Å². The summed E-state index contributed by atoms with van der Waals surface area (Å²) in [6.45, 7) is 0. The lowest BCUT2D eigenvalue weighted by atomic mass is 9.94. The Balaban J connectivity index is 1.14. The van der Waals surface area contributed by atoms with E-state index in [2.05, 4.69) is 140 Å². The summed E-state index contributed by atoms with van der Waals surface area (Å²) in [6, 6.07) is 61.7. The lowest BCUT2D eigenvalue weighted by Crippen LogP contribution is -2.00. The van der Waals surface area contributed by atoms with Crippen molar-refractivity contribution in [3.63, 3.8) is 0 Å². The zero-order chi connectivity index (χ0) is 32.6. The van der Waals surface area contributed by atoms with Crippen molar-refractivity contribution in [3.05, 3.63) is 187 Å². The highest BCUT2D eigenvalue weighted by Crippen LogP contribution is 2.45. The standard InChI is InChI=1S/C46H31N3/c1-4-14-31(15-5-1)34-20-10-22-36(28-34)45-47-44(33-18-8-3-9-19-33)48-46(49-45)37-23-11-21-35(29-37)39-25-13-27-41-40-26-12-24-38(42(40)30-43(39)41)32-16-6-2-7-17-32/h1-29H,30H2. The van der Waals surface area contributed by atoms with Gasteiger partial charge in [0.15, 0.2) is 17.5 Å². The van der Waals surface area contributed by atoms with Crippen LogP contribution in [-0.2, 0) is 6.42 Å². The lowest BCUT2D eigenvalue weighted by molar-refractivity contribution is 1.07. The van der Waals surface area contributed by atoms with Crippen molar-refractivity contribution in [3.8, 4) is 78.7 Å². The van der Waals surface area contributed by atoms with Gasteiger partial charge in [-0.3, -0.25) is 0 Å². The summed E-state index contributed by atoms with van der Waals surface area (Å²) in [5.74, 6) is 1.95. The summed E-state index contributed by atoms with van der Waals surface area (Å²) < 4.78 is 0. The molecule has 230 valence electrons. The molecule has 7 aromatic carbocycles. The zero-order valence-electron chi connectivity index (χ0n) is 26.8.